The first kappa shape index (κ1) is 15.7. The molecule has 2 nitrogen and oxygen atoms in total. The van der Waals surface area contributed by atoms with Crippen LogP contribution in [0.5, 0.6) is 5.75 Å². The minimum Gasteiger partial charge on any atom is -0.434 e. The second-order valence-corrected chi connectivity index (χ2v) is 3.96. The molecule has 0 amide bonds. The van der Waals surface area contributed by atoms with E-state index in [4.69, 9.17) is 0 Å². The maximum absolute atomic E-state index is 12.2. The number of nitrogens with one attached hydrogen (secondary N) is 1. The zero-order valence-corrected chi connectivity index (χ0v) is 10.2. The Labute approximate surface area is 107 Å². The molecule has 0 aliphatic heterocycles. The van der Waals surface area contributed by atoms with Gasteiger partial charge in [0.25, 0.3) is 0 Å². The van der Waals surface area contributed by atoms with E-state index in [1.165, 1.54) is 18.2 Å². The highest BCUT2D eigenvalue weighted by atomic mass is 19.4. The summed E-state index contributed by atoms with van der Waals surface area (Å²) in [6.07, 6.45) is -5.22. The van der Waals surface area contributed by atoms with Crippen LogP contribution in [-0.4, -0.2) is 19.3 Å². The van der Waals surface area contributed by atoms with Gasteiger partial charge in [-0.15, -0.1) is 0 Å². The summed E-state index contributed by atoms with van der Waals surface area (Å²) >= 11 is 0. The number of benzene rings is 1. The number of rotatable bonds is 6. The lowest BCUT2D eigenvalue weighted by Crippen LogP contribution is -2.25. The van der Waals surface area contributed by atoms with Gasteiger partial charge in [-0.3, -0.25) is 0 Å². The van der Waals surface area contributed by atoms with Gasteiger partial charge < -0.3 is 10.1 Å². The molecular formula is C12H14F5NO. The fraction of sp³-hybridized carbons (Fsp3) is 0.500. The maximum atomic E-state index is 12.2. The molecule has 0 bridgehead atoms. The average Bonchev–Trinajstić information content (AvgIpc) is 2.27. The summed E-state index contributed by atoms with van der Waals surface area (Å²) in [5.74, 6) is -0.0375. The molecule has 19 heavy (non-hydrogen) atoms. The molecule has 1 N–H and O–H groups in total. The normalized spacial score (nSPS) is 13.6. The number of hydrogen-bond donors (Lipinski definition) is 1. The van der Waals surface area contributed by atoms with Crippen LogP contribution >= 0.6 is 0 Å². The number of hydrogen-bond acceptors (Lipinski definition) is 2. The van der Waals surface area contributed by atoms with E-state index in [0.717, 1.165) is 0 Å². The molecule has 0 spiro atoms. The van der Waals surface area contributed by atoms with Crippen molar-refractivity contribution in [2.45, 2.75) is 32.2 Å². The molecular weight excluding hydrogens is 269 g/mol. The van der Waals surface area contributed by atoms with Crippen molar-refractivity contribution in [2.24, 2.45) is 0 Å². The van der Waals surface area contributed by atoms with Gasteiger partial charge in [0, 0.05) is 18.2 Å². The van der Waals surface area contributed by atoms with Crippen LogP contribution in [-0.2, 0) is 0 Å². The Kier molecular flexibility index (Phi) is 5.53. The van der Waals surface area contributed by atoms with E-state index < -0.39 is 25.3 Å². The van der Waals surface area contributed by atoms with Crippen molar-refractivity contribution >= 4 is 0 Å². The molecule has 7 heteroatoms. The van der Waals surface area contributed by atoms with Crippen molar-refractivity contribution in [1.82, 2.24) is 5.32 Å². The fourth-order valence-corrected chi connectivity index (χ4v) is 1.58. The maximum Gasteiger partial charge on any atom is 0.390 e. The summed E-state index contributed by atoms with van der Waals surface area (Å²) in [7, 11) is 0. The van der Waals surface area contributed by atoms with Crippen LogP contribution in [0.1, 0.15) is 24.9 Å². The molecule has 1 unspecified atom stereocenters. The lowest BCUT2D eigenvalue weighted by molar-refractivity contribution is -0.133. The van der Waals surface area contributed by atoms with E-state index in [1.54, 1.807) is 13.0 Å². The molecule has 1 rings (SSSR count). The molecule has 0 saturated carbocycles. The number of alkyl halides is 5. The van der Waals surface area contributed by atoms with Crippen LogP contribution in [0.2, 0.25) is 0 Å². The first-order valence-electron chi connectivity index (χ1n) is 5.63. The molecule has 0 heterocycles. The molecule has 0 aromatic heterocycles. The standard InChI is InChI=1S/C12H14F5NO/c1-8(18-7-6-12(15,16)17)9-4-2-3-5-10(9)19-11(13)14/h2-5,8,11,18H,6-7H2,1H3. The molecule has 0 aliphatic carbocycles. The van der Waals surface area contributed by atoms with Gasteiger partial charge in [0.2, 0.25) is 0 Å². The third-order valence-electron chi connectivity index (χ3n) is 2.46. The average molecular weight is 283 g/mol. The van der Waals surface area contributed by atoms with Crippen molar-refractivity contribution in [3.63, 3.8) is 0 Å². The van der Waals surface area contributed by atoms with Gasteiger partial charge in [0.15, 0.2) is 0 Å². The Morgan fingerprint density at radius 3 is 2.42 bits per heavy atom. The van der Waals surface area contributed by atoms with E-state index >= 15 is 0 Å². The SMILES string of the molecule is CC(NCCC(F)(F)F)c1ccccc1OC(F)F. The summed E-state index contributed by atoms with van der Waals surface area (Å²) in [4.78, 5) is 0. The minimum absolute atomic E-state index is 0.0375. The van der Waals surface area contributed by atoms with Gasteiger partial charge in [-0.25, -0.2) is 0 Å². The predicted molar refractivity (Wildman–Crippen MR) is 60.2 cm³/mol. The Morgan fingerprint density at radius 1 is 1.21 bits per heavy atom. The van der Waals surface area contributed by atoms with Crippen LogP contribution in [0, 0.1) is 0 Å². The molecule has 0 fully saturated rings. The third kappa shape index (κ3) is 5.87. The first-order valence-corrected chi connectivity index (χ1v) is 5.63. The first-order chi connectivity index (χ1) is 8.79. The second kappa shape index (κ2) is 6.70. The minimum atomic E-state index is -4.24. The molecule has 0 saturated heterocycles. The van der Waals surface area contributed by atoms with Gasteiger partial charge in [0.1, 0.15) is 5.75 Å². The van der Waals surface area contributed by atoms with Crippen molar-refractivity contribution in [3.8, 4) is 5.75 Å². The highest BCUT2D eigenvalue weighted by molar-refractivity contribution is 5.35. The van der Waals surface area contributed by atoms with Crippen molar-refractivity contribution in [3.05, 3.63) is 29.8 Å². The van der Waals surface area contributed by atoms with Crippen LogP contribution in [0.3, 0.4) is 0 Å². The highest BCUT2D eigenvalue weighted by Gasteiger charge is 2.26. The summed E-state index contributed by atoms with van der Waals surface area (Å²) in [5, 5.41) is 2.62. The van der Waals surface area contributed by atoms with E-state index in [-0.39, 0.29) is 12.3 Å². The van der Waals surface area contributed by atoms with Crippen LogP contribution in [0.25, 0.3) is 0 Å². The lowest BCUT2D eigenvalue weighted by atomic mass is 10.1. The van der Waals surface area contributed by atoms with E-state index in [2.05, 4.69) is 10.1 Å². The molecule has 1 atom stereocenters. The fourth-order valence-electron chi connectivity index (χ4n) is 1.58. The molecule has 0 radical (unpaired) electrons. The highest BCUT2D eigenvalue weighted by Crippen LogP contribution is 2.26. The third-order valence-corrected chi connectivity index (χ3v) is 2.46. The largest absolute Gasteiger partial charge is 0.434 e. The van der Waals surface area contributed by atoms with E-state index in [0.29, 0.717) is 5.56 Å². The lowest BCUT2D eigenvalue weighted by Gasteiger charge is -2.18. The van der Waals surface area contributed by atoms with Crippen molar-refractivity contribution in [2.75, 3.05) is 6.54 Å². The smallest absolute Gasteiger partial charge is 0.390 e. The van der Waals surface area contributed by atoms with E-state index in [1.807, 2.05) is 0 Å². The monoisotopic (exact) mass is 283 g/mol. The van der Waals surface area contributed by atoms with E-state index in [9.17, 15) is 22.0 Å². The second-order valence-electron chi connectivity index (χ2n) is 3.96. The number of halogens is 5. The Balaban J connectivity index is 2.63. The number of para-hydroxylation sites is 1. The zero-order valence-electron chi connectivity index (χ0n) is 10.2. The summed E-state index contributed by atoms with van der Waals surface area (Å²) < 4.78 is 64.7. The van der Waals surface area contributed by atoms with Gasteiger partial charge in [-0.2, -0.15) is 22.0 Å². The number of ether oxygens (including phenoxy) is 1. The van der Waals surface area contributed by atoms with Crippen LogP contribution in [0.15, 0.2) is 24.3 Å². The molecule has 1 aromatic carbocycles. The zero-order chi connectivity index (χ0) is 14.5. The summed E-state index contributed by atoms with van der Waals surface area (Å²) in [6.45, 7) is -1.67. The summed E-state index contributed by atoms with van der Waals surface area (Å²) in [5.41, 5.74) is 0.393. The van der Waals surface area contributed by atoms with Crippen LogP contribution in [0.4, 0.5) is 22.0 Å². The van der Waals surface area contributed by atoms with Crippen LogP contribution < -0.4 is 10.1 Å². The Hall–Kier alpha value is -1.37. The molecule has 1 aromatic rings. The molecule has 108 valence electrons. The van der Waals surface area contributed by atoms with Gasteiger partial charge in [0.05, 0.1) is 6.42 Å². The van der Waals surface area contributed by atoms with Crippen molar-refractivity contribution in [1.29, 1.82) is 0 Å². The predicted octanol–water partition coefficient (Wildman–Crippen LogP) is 3.89. The van der Waals surface area contributed by atoms with Gasteiger partial charge in [-0.1, -0.05) is 18.2 Å². The van der Waals surface area contributed by atoms with Crippen molar-refractivity contribution < 1.29 is 26.7 Å². The van der Waals surface area contributed by atoms with Gasteiger partial charge in [-0.05, 0) is 13.0 Å². The summed E-state index contributed by atoms with van der Waals surface area (Å²) in [6, 6.07) is 5.49. The molecule has 0 aliphatic rings. The quantitative estimate of drug-likeness (QED) is 0.800. The Bertz CT molecular complexity index is 394. The van der Waals surface area contributed by atoms with Gasteiger partial charge >= 0.3 is 12.8 Å². The topological polar surface area (TPSA) is 21.3 Å². The Morgan fingerprint density at radius 2 is 1.84 bits per heavy atom.